The molecule has 0 saturated carbocycles. The monoisotopic (exact) mass is 640 g/mol. The number of fused-ring (bicyclic) bond motifs is 8. The Hall–Kier alpha value is -4.17. The average molecular weight is 641 g/mol. The maximum absolute atomic E-state index is 12.4. The second kappa shape index (κ2) is 12.8. The van der Waals surface area contributed by atoms with Crippen LogP contribution in [0.25, 0.3) is 11.4 Å². The van der Waals surface area contributed by atoms with E-state index in [1.807, 2.05) is 39.0 Å². The Morgan fingerprint density at radius 1 is 0.745 bits per heavy atom. The molecule has 2 saturated heterocycles. The lowest BCUT2D eigenvalue weighted by atomic mass is 9.86. The van der Waals surface area contributed by atoms with Gasteiger partial charge in [-0.2, -0.15) is 0 Å². The summed E-state index contributed by atoms with van der Waals surface area (Å²) in [4.78, 5) is 14.2. The number of hydrogen-bond donors (Lipinski definition) is 1. The highest BCUT2D eigenvalue weighted by Crippen LogP contribution is 2.46. The Morgan fingerprint density at radius 3 is 1.66 bits per heavy atom. The minimum atomic E-state index is -0.474. The first kappa shape index (κ1) is 34.2. The summed E-state index contributed by atoms with van der Waals surface area (Å²) in [5, 5.41) is 3.43. The molecule has 4 aliphatic rings. The van der Waals surface area contributed by atoms with Gasteiger partial charge in [-0.3, -0.25) is 0 Å². The standard InChI is InChI=1S/C21H26N2O3.C16H18N2O.2CH4/c1-15-13-18-21(25-17-8-6-5-7-16(17)23(18)14-15)9-11-22(12-10-21)19(24)26-20(2,3)4;1-12-10-15-16(6-8-17-9-7-16)19-14-5-3-2-4-13(14)18(15)11-12;;/h5-8,13-14H,9-12H2,1-4H3;2-5,10-11,17H,6-9H2,1H3;2*1H4. The van der Waals surface area contributed by atoms with Crippen molar-refractivity contribution in [2.75, 3.05) is 26.2 Å². The lowest BCUT2D eigenvalue weighted by Crippen LogP contribution is -2.50. The molecule has 0 atom stereocenters. The van der Waals surface area contributed by atoms with Crippen LogP contribution in [-0.2, 0) is 15.9 Å². The fourth-order valence-electron chi connectivity index (χ4n) is 7.23. The van der Waals surface area contributed by atoms with Crippen LogP contribution in [0.1, 0.15) is 83.8 Å². The van der Waals surface area contributed by atoms with Crippen LogP contribution in [0.3, 0.4) is 0 Å². The van der Waals surface area contributed by atoms with Gasteiger partial charge in [0.05, 0.1) is 22.8 Å². The van der Waals surface area contributed by atoms with Crippen LogP contribution >= 0.6 is 0 Å². The van der Waals surface area contributed by atoms with Gasteiger partial charge in [0.1, 0.15) is 17.1 Å². The van der Waals surface area contributed by atoms with Crippen molar-refractivity contribution in [2.45, 2.75) is 92.0 Å². The quantitative estimate of drug-likeness (QED) is 0.209. The highest BCUT2D eigenvalue weighted by atomic mass is 16.6. The van der Waals surface area contributed by atoms with E-state index in [1.54, 1.807) is 4.90 Å². The van der Waals surface area contributed by atoms with Crippen molar-refractivity contribution >= 4 is 6.09 Å². The summed E-state index contributed by atoms with van der Waals surface area (Å²) in [7, 11) is 0. The van der Waals surface area contributed by atoms with Gasteiger partial charge in [0, 0.05) is 51.2 Å². The first-order chi connectivity index (χ1) is 21.6. The van der Waals surface area contributed by atoms with Gasteiger partial charge < -0.3 is 33.6 Å². The average Bonchev–Trinajstić information content (AvgIpc) is 3.62. The summed E-state index contributed by atoms with van der Waals surface area (Å²) < 4.78 is 23.1. The van der Waals surface area contributed by atoms with Crippen LogP contribution in [0.4, 0.5) is 4.79 Å². The van der Waals surface area contributed by atoms with Gasteiger partial charge >= 0.3 is 6.09 Å². The molecule has 47 heavy (non-hydrogen) atoms. The number of carbonyl (C=O) groups is 1. The molecule has 8 heteroatoms. The van der Waals surface area contributed by atoms with Crippen molar-refractivity contribution in [3.63, 3.8) is 0 Å². The van der Waals surface area contributed by atoms with Crippen molar-refractivity contribution in [3.05, 3.63) is 95.6 Å². The number of nitrogens with one attached hydrogen (secondary N) is 1. The Bertz CT molecular complexity index is 1710. The number of ether oxygens (including phenoxy) is 3. The van der Waals surface area contributed by atoms with E-state index in [0.717, 1.165) is 61.6 Å². The van der Waals surface area contributed by atoms with Gasteiger partial charge in [-0.1, -0.05) is 39.1 Å². The topological polar surface area (TPSA) is 69.9 Å². The molecule has 252 valence electrons. The van der Waals surface area contributed by atoms with Crippen LogP contribution in [0, 0.1) is 13.8 Å². The predicted molar refractivity (Wildman–Crippen MR) is 188 cm³/mol. The van der Waals surface area contributed by atoms with Gasteiger partial charge in [-0.25, -0.2) is 4.79 Å². The molecule has 8 nitrogen and oxygen atoms in total. The molecule has 4 aromatic rings. The number of amides is 1. The Kier molecular flexibility index (Phi) is 9.30. The van der Waals surface area contributed by atoms with Crippen LogP contribution < -0.4 is 14.8 Å². The minimum absolute atomic E-state index is 0. The lowest BCUT2D eigenvalue weighted by molar-refractivity contribution is -0.0268. The molecule has 8 rings (SSSR count). The number of aromatic nitrogens is 2. The number of rotatable bonds is 0. The van der Waals surface area contributed by atoms with Crippen molar-refractivity contribution < 1.29 is 19.0 Å². The van der Waals surface area contributed by atoms with Crippen molar-refractivity contribution in [1.29, 1.82) is 0 Å². The first-order valence-corrected chi connectivity index (χ1v) is 16.2. The SMILES string of the molecule is C.C.Cc1cc2n(c1)-c1ccccc1OC21CCN(C(=O)OC(C)(C)C)CC1.Cc1cc2n(c1)-c1ccccc1OC21CCNCC1. The molecular weight excluding hydrogens is 588 g/mol. The number of nitrogens with zero attached hydrogens (tertiary/aromatic N) is 3. The number of hydrogen-bond acceptors (Lipinski definition) is 5. The fourth-order valence-corrected chi connectivity index (χ4v) is 7.23. The number of piperidine rings is 2. The van der Waals surface area contributed by atoms with Crippen LogP contribution in [0.15, 0.2) is 73.1 Å². The highest BCUT2D eigenvalue weighted by Gasteiger charge is 2.45. The van der Waals surface area contributed by atoms with Gasteiger partial charge in [0.15, 0.2) is 11.2 Å². The predicted octanol–water partition coefficient (Wildman–Crippen LogP) is 8.43. The molecular formula is C39H52N4O4. The smallest absolute Gasteiger partial charge is 0.410 e. The first-order valence-electron chi connectivity index (χ1n) is 16.2. The van der Waals surface area contributed by atoms with E-state index in [4.69, 9.17) is 14.2 Å². The Morgan fingerprint density at radius 2 is 1.19 bits per heavy atom. The third kappa shape index (κ3) is 6.28. The molecule has 2 aromatic carbocycles. The summed E-state index contributed by atoms with van der Waals surface area (Å²) in [6, 6.07) is 21.0. The summed E-state index contributed by atoms with van der Waals surface area (Å²) in [5.74, 6) is 1.91. The van der Waals surface area contributed by atoms with Crippen LogP contribution in [0.5, 0.6) is 11.5 Å². The summed E-state index contributed by atoms with van der Waals surface area (Å²) in [6.45, 7) is 13.2. The highest BCUT2D eigenvalue weighted by molar-refractivity contribution is 5.68. The van der Waals surface area contributed by atoms with Crippen molar-refractivity contribution in [3.8, 4) is 22.9 Å². The molecule has 0 unspecified atom stereocenters. The van der Waals surface area contributed by atoms with E-state index in [2.05, 4.69) is 83.2 Å². The van der Waals surface area contributed by atoms with E-state index in [9.17, 15) is 4.79 Å². The molecule has 6 heterocycles. The van der Waals surface area contributed by atoms with E-state index >= 15 is 0 Å². The largest absolute Gasteiger partial charge is 0.479 e. The van der Waals surface area contributed by atoms with E-state index in [0.29, 0.717) is 13.1 Å². The Labute approximate surface area is 280 Å². The molecule has 0 bridgehead atoms. The van der Waals surface area contributed by atoms with Gasteiger partial charge in [0.25, 0.3) is 0 Å². The zero-order valence-electron chi connectivity index (χ0n) is 27.1. The van der Waals surface area contributed by atoms with Crippen molar-refractivity contribution in [2.24, 2.45) is 0 Å². The van der Waals surface area contributed by atoms with Crippen LogP contribution in [-0.4, -0.2) is 51.9 Å². The lowest BCUT2D eigenvalue weighted by Gasteiger charge is -2.44. The van der Waals surface area contributed by atoms with Gasteiger partial charge in [0.2, 0.25) is 0 Å². The molecule has 1 N–H and O–H groups in total. The third-order valence-electron chi connectivity index (χ3n) is 9.34. The number of aryl methyl sites for hydroxylation is 2. The summed E-state index contributed by atoms with van der Waals surface area (Å²) >= 11 is 0. The second-order valence-electron chi connectivity index (χ2n) is 13.9. The van der Waals surface area contributed by atoms with Crippen LogP contribution in [0.2, 0.25) is 0 Å². The minimum Gasteiger partial charge on any atom is -0.479 e. The van der Waals surface area contributed by atoms with Crippen molar-refractivity contribution in [1.82, 2.24) is 19.4 Å². The molecule has 0 radical (unpaired) electrons. The Balaban J connectivity index is 0.000000184. The third-order valence-corrected chi connectivity index (χ3v) is 9.34. The molecule has 0 aliphatic carbocycles. The number of benzene rings is 2. The zero-order chi connectivity index (χ0) is 31.4. The normalized spacial score (nSPS) is 17.9. The fraction of sp³-hybridized carbons (Fsp3) is 0.462. The summed E-state index contributed by atoms with van der Waals surface area (Å²) in [6.07, 6.45) is 7.72. The molecule has 2 aromatic heterocycles. The number of likely N-dealkylation sites (tertiary alicyclic amines) is 1. The zero-order valence-corrected chi connectivity index (χ0v) is 27.1. The number of para-hydroxylation sites is 4. The van der Waals surface area contributed by atoms with E-state index < -0.39 is 5.60 Å². The summed E-state index contributed by atoms with van der Waals surface area (Å²) in [5.41, 5.74) is 6.24. The molecule has 2 spiro atoms. The number of carbonyl (C=O) groups excluding carboxylic acids is 1. The molecule has 4 aliphatic heterocycles. The maximum Gasteiger partial charge on any atom is 0.410 e. The van der Waals surface area contributed by atoms with Gasteiger partial charge in [-0.05, 0) is 95.2 Å². The van der Waals surface area contributed by atoms with Gasteiger partial charge in [-0.15, -0.1) is 0 Å². The van der Waals surface area contributed by atoms with E-state index in [1.165, 1.54) is 22.5 Å². The van der Waals surface area contributed by atoms with E-state index in [-0.39, 0.29) is 32.1 Å². The second-order valence-corrected chi connectivity index (χ2v) is 13.9. The maximum atomic E-state index is 12.4. The molecule has 2 fully saturated rings. The molecule has 1 amide bonds.